The molecule has 0 aliphatic rings. The zero-order valence-electron chi connectivity index (χ0n) is 13.1. The van der Waals surface area contributed by atoms with Crippen LogP contribution in [0.1, 0.15) is 23.6 Å². The van der Waals surface area contributed by atoms with E-state index in [4.69, 9.17) is 0 Å². The van der Waals surface area contributed by atoms with Gasteiger partial charge in [-0.1, -0.05) is 29.8 Å². The molecule has 0 amide bonds. The van der Waals surface area contributed by atoms with E-state index in [2.05, 4.69) is 67.4 Å². The number of likely N-dealkylation sites (N-methyl/N-ethyl adjacent to an activating group) is 2. The summed E-state index contributed by atoms with van der Waals surface area (Å²) in [5, 5.41) is 3.42. The Bertz CT molecular complexity index is 346. The van der Waals surface area contributed by atoms with Crippen molar-refractivity contribution in [2.75, 3.05) is 47.8 Å². The number of nitrogens with one attached hydrogen (secondary N) is 1. The van der Waals surface area contributed by atoms with E-state index in [9.17, 15) is 0 Å². The summed E-state index contributed by atoms with van der Waals surface area (Å²) in [5.41, 5.74) is 2.70. The Balaban J connectivity index is 2.42. The van der Waals surface area contributed by atoms with Crippen molar-refractivity contribution in [3.8, 4) is 0 Å². The summed E-state index contributed by atoms with van der Waals surface area (Å²) in [4.78, 5) is 4.63. The molecule has 0 saturated heterocycles. The molecule has 19 heavy (non-hydrogen) atoms. The second-order valence-corrected chi connectivity index (χ2v) is 5.65. The fraction of sp³-hybridized carbons (Fsp3) is 0.625. The van der Waals surface area contributed by atoms with Gasteiger partial charge in [-0.05, 0) is 53.6 Å². The average molecular weight is 263 g/mol. The monoisotopic (exact) mass is 263 g/mol. The van der Waals surface area contributed by atoms with Gasteiger partial charge in [-0.2, -0.15) is 0 Å². The molecule has 1 rings (SSSR count). The van der Waals surface area contributed by atoms with E-state index < -0.39 is 0 Å². The lowest BCUT2D eigenvalue weighted by molar-refractivity contribution is 0.270. The van der Waals surface area contributed by atoms with Crippen LogP contribution in [0.4, 0.5) is 0 Å². The Morgan fingerprint density at radius 1 is 1.00 bits per heavy atom. The Morgan fingerprint density at radius 2 is 1.63 bits per heavy atom. The lowest BCUT2D eigenvalue weighted by atomic mass is 10.0. The predicted molar refractivity (Wildman–Crippen MR) is 83.6 cm³/mol. The van der Waals surface area contributed by atoms with E-state index in [1.807, 2.05) is 7.05 Å². The molecule has 0 fully saturated rings. The molecule has 0 heterocycles. The molecule has 1 N–H and O–H groups in total. The topological polar surface area (TPSA) is 18.5 Å². The molecule has 0 bridgehead atoms. The predicted octanol–water partition coefficient (Wildman–Crippen LogP) is 2.14. The maximum atomic E-state index is 3.42. The molecule has 3 nitrogen and oxygen atoms in total. The third-order valence-corrected chi connectivity index (χ3v) is 3.56. The van der Waals surface area contributed by atoms with Crippen LogP contribution in [-0.4, -0.2) is 57.6 Å². The SMILES string of the molecule is CNC(CCN(C)CCN(C)C)c1ccc(C)cc1. The van der Waals surface area contributed by atoms with Gasteiger partial charge in [0, 0.05) is 19.1 Å². The average Bonchev–Trinajstić information content (AvgIpc) is 2.39. The molecule has 1 aromatic rings. The molecular formula is C16H29N3. The summed E-state index contributed by atoms with van der Waals surface area (Å²) < 4.78 is 0. The molecular weight excluding hydrogens is 234 g/mol. The highest BCUT2D eigenvalue weighted by Gasteiger charge is 2.10. The summed E-state index contributed by atoms with van der Waals surface area (Å²) in [6.45, 7) is 5.49. The van der Waals surface area contributed by atoms with Gasteiger partial charge in [-0.3, -0.25) is 0 Å². The van der Waals surface area contributed by atoms with Crippen LogP contribution in [-0.2, 0) is 0 Å². The maximum absolute atomic E-state index is 3.42. The fourth-order valence-corrected chi connectivity index (χ4v) is 2.11. The first-order valence-corrected chi connectivity index (χ1v) is 7.10. The van der Waals surface area contributed by atoms with E-state index in [1.165, 1.54) is 11.1 Å². The molecule has 0 aliphatic carbocycles. The Hall–Kier alpha value is -0.900. The highest BCUT2D eigenvalue weighted by atomic mass is 15.1. The minimum atomic E-state index is 0.447. The van der Waals surface area contributed by atoms with Crippen LogP contribution in [0.25, 0.3) is 0 Å². The first-order chi connectivity index (χ1) is 9.02. The molecule has 0 saturated carbocycles. The number of hydrogen-bond acceptors (Lipinski definition) is 3. The van der Waals surface area contributed by atoms with Crippen molar-refractivity contribution >= 4 is 0 Å². The van der Waals surface area contributed by atoms with Gasteiger partial charge in [0.2, 0.25) is 0 Å². The maximum Gasteiger partial charge on any atom is 0.0329 e. The molecule has 1 atom stereocenters. The van der Waals surface area contributed by atoms with Gasteiger partial charge in [0.25, 0.3) is 0 Å². The Kier molecular flexibility index (Phi) is 7.06. The molecule has 0 radical (unpaired) electrons. The standard InChI is InChI=1S/C16H29N3/c1-14-6-8-15(9-7-14)16(17-2)10-11-19(5)13-12-18(3)4/h6-9,16-17H,10-13H2,1-5H3. The molecule has 1 unspecified atom stereocenters. The van der Waals surface area contributed by atoms with Gasteiger partial charge in [-0.25, -0.2) is 0 Å². The number of hydrogen-bond donors (Lipinski definition) is 1. The molecule has 1 aromatic carbocycles. The van der Waals surface area contributed by atoms with Crippen LogP contribution in [0.2, 0.25) is 0 Å². The molecule has 108 valence electrons. The lowest BCUT2D eigenvalue weighted by Crippen LogP contribution is -2.31. The van der Waals surface area contributed by atoms with Crippen LogP contribution in [0, 0.1) is 6.92 Å². The highest BCUT2D eigenvalue weighted by molar-refractivity contribution is 5.24. The fourth-order valence-electron chi connectivity index (χ4n) is 2.11. The van der Waals surface area contributed by atoms with Crippen LogP contribution in [0.5, 0.6) is 0 Å². The normalized spacial score (nSPS) is 13.2. The van der Waals surface area contributed by atoms with Crippen molar-refractivity contribution in [2.24, 2.45) is 0 Å². The summed E-state index contributed by atoms with van der Waals surface area (Å²) in [7, 11) is 8.49. The van der Waals surface area contributed by atoms with E-state index in [-0.39, 0.29) is 0 Å². The lowest BCUT2D eigenvalue weighted by Gasteiger charge is -2.23. The summed E-state index contributed by atoms with van der Waals surface area (Å²) in [5.74, 6) is 0. The van der Waals surface area contributed by atoms with Crippen LogP contribution in [0.3, 0.4) is 0 Å². The zero-order chi connectivity index (χ0) is 14.3. The minimum absolute atomic E-state index is 0.447. The van der Waals surface area contributed by atoms with Crippen molar-refractivity contribution in [3.63, 3.8) is 0 Å². The third kappa shape index (κ3) is 6.19. The van der Waals surface area contributed by atoms with Crippen LogP contribution < -0.4 is 5.32 Å². The van der Waals surface area contributed by atoms with Crippen molar-refractivity contribution in [1.29, 1.82) is 0 Å². The Morgan fingerprint density at radius 3 is 2.16 bits per heavy atom. The van der Waals surface area contributed by atoms with Crippen LogP contribution in [0.15, 0.2) is 24.3 Å². The number of benzene rings is 1. The van der Waals surface area contributed by atoms with Crippen molar-refractivity contribution in [3.05, 3.63) is 35.4 Å². The summed E-state index contributed by atoms with van der Waals surface area (Å²) in [6.07, 6.45) is 1.14. The van der Waals surface area contributed by atoms with Crippen LogP contribution >= 0.6 is 0 Å². The van der Waals surface area contributed by atoms with E-state index in [0.29, 0.717) is 6.04 Å². The zero-order valence-corrected chi connectivity index (χ0v) is 13.1. The third-order valence-electron chi connectivity index (χ3n) is 3.56. The van der Waals surface area contributed by atoms with Crippen molar-refractivity contribution in [1.82, 2.24) is 15.1 Å². The highest BCUT2D eigenvalue weighted by Crippen LogP contribution is 2.17. The van der Waals surface area contributed by atoms with E-state index >= 15 is 0 Å². The minimum Gasteiger partial charge on any atom is -0.313 e. The molecule has 0 aromatic heterocycles. The number of aryl methyl sites for hydroxylation is 1. The summed E-state index contributed by atoms with van der Waals surface area (Å²) >= 11 is 0. The molecule has 0 spiro atoms. The second-order valence-electron chi connectivity index (χ2n) is 5.65. The van der Waals surface area contributed by atoms with Gasteiger partial charge in [0.15, 0.2) is 0 Å². The van der Waals surface area contributed by atoms with Gasteiger partial charge < -0.3 is 15.1 Å². The van der Waals surface area contributed by atoms with E-state index in [0.717, 1.165) is 26.1 Å². The number of rotatable bonds is 8. The second kappa shape index (κ2) is 8.31. The quantitative estimate of drug-likeness (QED) is 0.775. The van der Waals surface area contributed by atoms with E-state index in [1.54, 1.807) is 0 Å². The van der Waals surface area contributed by atoms with Gasteiger partial charge >= 0.3 is 0 Å². The molecule has 0 aliphatic heterocycles. The largest absolute Gasteiger partial charge is 0.313 e. The number of nitrogens with zero attached hydrogens (tertiary/aromatic N) is 2. The van der Waals surface area contributed by atoms with Crippen molar-refractivity contribution in [2.45, 2.75) is 19.4 Å². The van der Waals surface area contributed by atoms with Crippen molar-refractivity contribution < 1.29 is 0 Å². The first kappa shape index (κ1) is 16.2. The van der Waals surface area contributed by atoms with Gasteiger partial charge in [-0.15, -0.1) is 0 Å². The van der Waals surface area contributed by atoms with Gasteiger partial charge in [0.1, 0.15) is 0 Å². The first-order valence-electron chi connectivity index (χ1n) is 7.10. The summed E-state index contributed by atoms with van der Waals surface area (Å²) in [6, 6.07) is 9.29. The Labute approximate surface area is 118 Å². The smallest absolute Gasteiger partial charge is 0.0329 e. The molecule has 3 heteroatoms. The van der Waals surface area contributed by atoms with Gasteiger partial charge in [0.05, 0.1) is 0 Å².